The van der Waals surface area contributed by atoms with Gasteiger partial charge in [-0.15, -0.1) is 0 Å². The molecule has 1 aliphatic heterocycles. The molecule has 0 radical (unpaired) electrons. The van der Waals surface area contributed by atoms with E-state index in [1.807, 2.05) is 19.9 Å². The summed E-state index contributed by atoms with van der Waals surface area (Å²) < 4.78 is 13.8. The van der Waals surface area contributed by atoms with Crippen molar-refractivity contribution >= 4 is 5.69 Å². The van der Waals surface area contributed by atoms with Crippen molar-refractivity contribution in [1.29, 1.82) is 0 Å². The van der Waals surface area contributed by atoms with Gasteiger partial charge in [-0.05, 0) is 55.9 Å². The Kier molecular flexibility index (Phi) is 4.14. The Bertz CT molecular complexity index is 454. The Labute approximate surface area is 115 Å². The van der Waals surface area contributed by atoms with E-state index in [2.05, 4.69) is 18.7 Å². The van der Waals surface area contributed by atoms with Crippen LogP contribution in [0.2, 0.25) is 0 Å². The highest BCUT2D eigenvalue weighted by Gasteiger charge is 2.29. The van der Waals surface area contributed by atoms with Gasteiger partial charge in [0.2, 0.25) is 0 Å². The minimum absolute atomic E-state index is 0.140. The lowest BCUT2D eigenvalue weighted by molar-refractivity contribution is 0.490. The summed E-state index contributed by atoms with van der Waals surface area (Å²) in [6.45, 7) is 9.31. The minimum atomic E-state index is -0.156. The first-order valence-corrected chi connectivity index (χ1v) is 7.24. The van der Waals surface area contributed by atoms with Gasteiger partial charge in [-0.2, -0.15) is 0 Å². The average Bonchev–Trinajstić information content (AvgIpc) is 2.80. The van der Waals surface area contributed by atoms with Gasteiger partial charge in [0, 0.05) is 24.3 Å². The lowest BCUT2D eigenvalue weighted by Gasteiger charge is -2.32. The molecule has 2 unspecified atom stereocenters. The smallest absolute Gasteiger partial charge is 0.126 e. The summed E-state index contributed by atoms with van der Waals surface area (Å²) in [6.07, 6.45) is 2.42. The van der Waals surface area contributed by atoms with Gasteiger partial charge in [0.1, 0.15) is 5.82 Å². The Morgan fingerprint density at radius 1 is 1.32 bits per heavy atom. The van der Waals surface area contributed by atoms with Gasteiger partial charge in [-0.25, -0.2) is 4.39 Å². The zero-order valence-electron chi connectivity index (χ0n) is 12.4. The van der Waals surface area contributed by atoms with Crippen LogP contribution in [-0.2, 0) is 0 Å². The molecule has 1 heterocycles. The van der Waals surface area contributed by atoms with Gasteiger partial charge in [0.15, 0.2) is 0 Å². The molecule has 0 spiro atoms. The number of rotatable bonds is 3. The Hall–Kier alpha value is -1.09. The predicted molar refractivity (Wildman–Crippen MR) is 78.9 cm³/mol. The first-order valence-electron chi connectivity index (χ1n) is 7.24. The van der Waals surface area contributed by atoms with Crippen molar-refractivity contribution in [2.24, 2.45) is 11.7 Å². The fourth-order valence-corrected chi connectivity index (χ4v) is 3.08. The summed E-state index contributed by atoms with van der Waals surface area (Å²) >= 11 is 0. The van der Waals surface area contributed by atoms with E-state index in [1.165, 1.54) is 12.8 Å². The number of nitrogens with zero attached hydrogens (tertiary/aromatic N) is 1. The number of aryl methyl sites for hydroxylation is 1. The first kappa shape index (κ1) is 14.3. The number of nitrogens with two attached hydrogens (primary N) is 1. The molecule has 0 saturated carbocycles. The molecule has 0 aromatic heterocycles. The van der Waals surface area contributed by atoms with E-state index in [1.54, 1.807) is 6.07 Å². The average molecular weight is 264 g/mol. The molecule has 1 aromatic rings. The van der Waals surface area contributed by atoms with Crippen LogP contribution in [0.4, 0.5) is 10.1 Å². The second-order valence-corrected chi connectivity index (χ2v) is 6.10. The van der Waals surface area contributed by atoms with Gasteiger partial charge >= 0.3 is 0 Å². The fraction of sp³-hybridized carbons (Fsp3) is 0.625. The predicted octanol–water partition coefficient (Wildman–Crippen LogP) is 3.78. The van der Waals surface area contributed by atoms with Crippen LogP contribution in [0.25, 0.3) is 0 Å². The highest BCUT2D eigenvalue weighted by molar-refractivity contribution is 5.58. The third kappa shape index (κ3) is 2.76. The molecule has 2 atom stereocenters. The monoisotopic (exact) mass is 264 g/mol. The minimum Gasteiger partial charge on any atom is -0.368 e. The molecule has 2 nitrogen and oxygen atoms in total. The molecule has 3 heteroatoms. The van der Waals surface area contributed by atoms with Crippen LogP contribution in [0, 0.1) is 18.7 Å². The van der Waals surface area contributed by atoms with E-state index in [9.17, 15) is 4.39 Å². The van der Waals surface area contributed by atoms with Crippen LogP contribution in [0.1, 0.15) is 50.8 Å². The van der Waals surface area contributed by atoms with Crippen LogP contribution in [0.3, 0.4) is 0 Å². The summed E-state index contributed by atoms with van der Waals surface area (Å²) in [6, 6.07) is 3.99. The van der Waals surface area contributed by atoms with Gasteiger partial charge in [-0.1, -0.05) is 13.8 Å². The van der Waals surface area contributed by atoms with E-state index in [0.717, 1.165) is 17.8 Å². The summed E-state index contributed by atoms with van der Waals surface area (Å²) in [7, 11) is 0. The van der Waals surface area contributed by atoms with E-state index in [-0.39, 0.29) is 11.9 Å². The normalized spacial score (nSPS) is 21.2. The summed E-state index contributed by atoms with van der Waals surface area (Å²) in [5.41, 5.74) is 8.79. The van der Waals surface area contributed by atoms with Crippen LogP contribution < -0.4 is 10.6 Å². The Morgan fingerprint density at radius 2 is 2.00 bits per heavy atom. The maximum atomic E-state index is 13.8. The largest absolute Gasteiger partial charge is 0.368 e. The lowest BCUT2D eigenvalue weighted by atomic mass is 9.98. The number of anilines is 1. The molecule has 0 amide bonds. The number of benzene rings is 1. The van der Waals surface area contributed by atoms with Crippen molar-refractivity contribution in [3.63, 3.8) is 0 Å². The molecule has 1 aromatic carbocycles. The van der Waals surface area contributed by atoms with E-state index >= 15 is 0 Å². The molecule has 19 heavy (non-hydrogen) atoms. The zero-order valence-corrected chi connectivity index (χ0v) is 12.4. The SMILES string of the molecule is Cc1cc(N2CCCC2C(C)C)c(C(C)N)cc1F. The van der Waals surface area contributed by atoms with Crippen molar-refractivity contribution < 1.29 is 4.39 Å². The molecule has 0 aliphatic carbocycles. The number of hydrogen-bond acceptors (Lipinski definition) is 2. The molecule has 1 saturated heterocycles. The summed E-state index contributed by atoms with van der Waals surface area (Å²) in [4.78, 5) is 2.43. The van der Waals surface area contributed by atoms with Crippen LogP contribution >= 0.6 is 0 Å². The lowest BCUT2D eigenvalue weighted by Crippen LogP contribution is -2.34. The molecule has 2 N–H and O–H groups in total. The molecule has 2 rings (SSSR count). The quantitative estimate of drug-likeness (QED) is 0.900. The van der Waals surface area contributed by atoms with Gasteiger partial charge in [-0.3, -0.25) is 0 Å². The second kappa shape index (κ2) is 5.49. The number of halogens is 1. The topological polar surface area (TPSA) is 29.3 Å². The number of hydrogen-bond donors (Lipinski definition) is 1. The highest BCUT2D eigenvalue weighted by Crippen LogP contribution is 2.35. The molecular weight excluding hydrogens is 239 g/mol. The van der Waals surface area contributed by atoms with Gasteiger partial charge < -0.3 is 10.6 Å². The first-order chi connectivity index (χ1) is 8.91. The second-order valence-electron chi connectivity index (χ2n) is 6.10. The van der Waals surface area contributed by atoms with Gasteiger partial charge in [0.05, 0.1) is 0 Å². The van der Waals surface area contributed by atoms with Crippen LogP contribution in [0.15, 0.2) is 12.1 Å². The molecule has 106 valence electrons. The van der Waals surface area contributed by atoms with Crippen molar-refractivity contribution in [3.05, 3.63) is 29.1 Å². The van der Waals surface area contributed by atoms with Crippen molar-refractivity contribution in [3.8, 4) is 0 Å². The maximum Gasteiger partial charge on any atom is 0.126 e. The Morgan fingerprint density at radius 3 is 2.58 bits per heavy atom. The Balaban J connectivity index is 2.45. The standard InChI is InChI=1S/C16H25FN2/c1-10(2)15-6-5-7-19(15)16-8-11(3)14(17)9-13(16)12(4)18/h8-10,12,15H,5-7,18H2,1-4H3. The molecule has 1 aliphatic rings. The highest BCUT2D eigenvalue weighted by atomic mass is 19.1. The maximum absolute atomic E-state index is 13.8. The van der Waals surface area contributed by atoms with E-state index in [4.69, 9.17) is 5.73 Å². The van der Waals surface area contributed by atoms with E-state index < -0.39 is 0 Å². The summed E-state index contributed by atoms with van der Waals surface area (Å²) in [5.74, 6) is 0.449. The zero-order chi connectivity index (χ0) is 14.2. The van der Waals surface area contributed by atoms with Crippen molar-refractivity contribution in [2.75, 3.05) is 11.4 Å². The third-order valence-corrected chi connectivity index (χ3v) is 4.18. The molecule has 0 bridgehead atoms. The third-order valence-electron chi connectivity index (χ3n) is 4.18. The van der Waals surface area contributed by atoms with Crippen LogP contribution in [-0.4, -0.2) is 12.6 Å². The van der Waals surface area contributed by atoms with Crippen molar-refractivity contribution in [1.82, 2.24) is 0 Å². The molecular formula is C16H25FN2. The van der Waals surface area contributed by atoms with Gasteiger partial charge in [0.25, 0.3) is 0 Å². The fourth-order valence-electron chi connectivity index (χ4n) is 3.08. The van der Waals surface area contributed by atoms with E-state index in [0.29, 0.717) is 17.5 Å². The van der Waals surface area contributed by atoms with Crippen LogP contribution in [0.5, 0.6) is 0 Å². The summed E-state index contributed by atoms with van der Waals surface area (Å²) in [5, 5.41) is 0. The molecule has 1 fully saturated rings. The van der Waals surface area contributed by atoms with Crippen molar-refractivity contribution in [2.45, 2.75) is 52.6 Å².